The van der Waals surface area contributed by atoms with Gasteiger partial charge in [-0.1, -0.05) is 0 Å². The van der Waals surface area contributed by atoms with Gasteiger partial charge in [-0.05, 0) is 18.2 Å². The Balaban J connectivity index is 1.63. The van der Waals surface area contributed by atoms with E-state index in [1.807, 2.05) is 5.32 Å². The first-order chi connectivity index (χ1) is 14.8. The van der Waals surface area contributed by atoms with Crippen molar-refractivity contribution in [3.63, 3.8) is 0 Å². The number of halogens is 3. The average Bonchev–Trinajstić information content (AvgIpc) is 2.95. The van der Waals surface area contributed by atoms with Crippen LogP contribution in [0.5, 0.6) is 0 Å². The van der Waals surface area contributed by atoms with E-state index in [1.165, 1.54) is 30.3 Å². The number of anilines is 2. The summed E-state index contributed by atoms with van der Waals surface area (Å²) in [6.45, 7) is 0.786. The number of carbonyl (C=O) groups excluding carboxylic acids is 3. The second-order valence-corrected chi connectivity index (χ2v) is 6.78. The monoisotopic (exact) mass is 445 g/mol. The van der Waals surface area contributed by atoms with Crippen LogP contribution in [0.15, 0.2) is 18.2 Å². The molecule has 31 heavy (non-hydrogen) atoms. The summed E-state index contributed by atoms with van der Waals surface area (Å²) >= 11 is 0. The highest BCUT2D eigenvalue weighted by Crippen LogP contribution is 2.28. The number of ether oxygens (including phenoxy) is 1. The molecule has 2 N–H and O–H groups in total. The van der Waals surface area contributed by atoms with E-state index in [2.05, 4.69) is 5.32 Å². The molecule has 2 fully saturated rings. The molecule has 2 heterocycles. The van der Waals surface area contributed by atoms with Crippen LogP contribution in [0.25, 0.3) is 0 Å². The Labute approximate surface area is 175 Å². The van der Waals surface area contributed by atoms with Crippen LogP contribution >= 0.6 is 0 Å². The molecule has 1 aromatic carbocycles. The number of hydrogen-bond donors (Lipinski definition) is 2. The average molecular weight is 445 g/mol. The molecule has 0 aliphatic carbocycles. The van der Waals surface area contributed by atoms with Gasteiger partial charge >= 0.3 is 18.5 Å². The summed E-state index contributed by atoms with van der Waals surface area (Å²) in [4.78, 5) is 42.9. The fraction of sp³-hybridized carbons (Fsp3) is 0.500. The van der Waals surface area contributed by atoms with Gasteiger partial charge in [-0.3, -0.25) is 14.5 Å². The molecule has 170 valence electrons. The molecule has 0 spiro atoms. The Kier molecular flexibility index (Phi) is 7.05. The van der Waals surface area contributed by atoms with Crippen LogP contribution in [0.2, 0.25) is 0 Å². The van der Waals surface area contributed by atoms with Gasteiger partial charge in [0.1, 0.15) is 11.9 Å². The van der Waals surface area contributed by atoms with Gasteiger partial charge in [0.15, 0.2) is 0 Å². The Morgan fingerprint density at radius 2 is 2.03 bits per heavy atom. The van der Waals surface area contributed by atoms with Crippen molar-refractivity contribution >= 4 is 29.4 Å². The minimum absolute atomic E-state index is 0.0280. The van der Waals surface area contributed by atoms with E-state index in [0.717, 1.165) is 4.90 Å². The Morgan fingerprint density at radius 3 is 2.71 bits per heavy atom. The molecule has 0 saturated carbocycles. The lowest BCUT2D eigenvalue weighted by molar-refractivity contribution is -0.132. The molecule has 1 unspecified atom stereocenters. The molecular formula is C18H22F3N5O5. The van der Waals surface area contributed by atoms with Gasteiger partial charge in [0.05, 0.1) is 37.6 Å². The first kappa shape index (κ1) is 22.5. The maximum absolute atomic E-state index is 14.8. The summed E-state index contributed by atoms with van der Waals surface area (Å²) in [6.07, 6.45) is -4.77. The second kappa shape index (κ2) is 9.73. The van der Waals surface area contributed by atoms with Crippen molar-refractivity contribution in [1.29, 1.82) is 0 Å². The number of hydroxylamine groups is 2. The van der Waals surface area contributed by atoms with E-state index in [1.54, 1.807) is 4.90 Å². The van der Waals surface area contributed by atoms with Gasteiger partial charge in [-0.2, -0.15) is 8.78 Å². The maximum atomic E-state index is 14.8. The molecular weight excluding hydrogens is 423 g/mol. The van der Waals surface area contributed by atoms with Crippen LogP contribution in [0, 0.1) is 5.82 Å². The number of hydrogen-bond acceptors (Lipinski definition) is 6. The molecule has 2 saturated heterocycles. The van der Waals surface area contributed by atoms with Crippen molar-refractivity contribution in [2.75, 3.05) is 56.2 Å². The van der Waals surface area contributed by atoms with Crippen molar-refractivity contribution in [1.82, 2.24) is 15.7 Å². The summed E-state index contributed by atoms with van der Waals surface area (Å²) in [5, 5.41) is 5.61. The zero-order valence-electron chi connectivity index (χ0n) is 16.6. The summed E-state index contributed by atoms with van der Waals surface area (Å²) < 4.78 is 44.4. The van der Waals surface area contributed by atoms with Gasteiger partial charge in [-0.15, -0.1) is 0 Å². The molecule has 13 heteroatoms. The summed E-state index contributed by atoms with van der Waals surface area (Å²) in [5.41, 5.74) is 0.506. The van der Waals surface area contributed by atoms with E-state index in [9.17, 15) is 27.6 Å². The third-order valence-electron chi connectivity index (χ3n) is 4.78. The quantitative estimate of drug-likeness (QED) is 0.699. The van der Waals surface area contributed by atoms with Gasteiger partial charge in [0.25, 0.3) is 5.91 Å². The Hall–Kier alpha value is -3.22. The topological polar surface area (TPSA) is 103 Å². The molecule has 1 aromatic rings. The predicted octanol–water partition coefficient (Wildman–Crippen LogP) is 0.925. The maximum Gasteiger partial charge on any atom is 0.414 e. The number of nitrogens with one attached hydrogen (secondary N) is 2. The molecule has 0 bridgehead atoms. The van der Waals surface area contributed by atoms with Crippen LogP contribution in [-0.4, -0.2) is 82.0 Å². The van der Waals surface area contributed by atoms with Crippen LogP contribution in [0.4, 0.5) is 34.1 Å². The first-order valence-electron chi connectivity index (χ1n) is 9.50. The number of urea groups is 1. The largest absolute Gasteiger partial charge is 0.442 e. The number of benzene rings is 1. The molecule has 1 atom stereocenters. The van der Waals surface area contributed by atoms with Gasteiger partial charge in [0, 0.05) is 20.1 Å². The molecule has 4 amide bonds. The van der Waals surface area contributed by atoms with Crippen LogP contribution in [0.3, 0.4) is 0 Å². The van der Waals surface area contributed by atoms with E-state index >= 15 is 0 Å². The lowest BCUT2D eigenvalue weighted by atomic mass is 10.2. The molecule has 10 nitrogen and oxygen atoms in total. The fourth-order valence-corrected chi connectivity index (χ4v) is 3.23. The van der Waals surface area contributed by atoms with Gasteiger partial charge in [-0.25, -0.2) is 19.0 Å². The van der Waals surface area contributed by atoms with Gasteiger partial charge in [0.2, 0.25) is 0 Å². The van der Waals surface area contributed by atoms with Crippen LogP contribution in [0.1, 0.15) is 0 Å². The van der Waals surface area contributed by atoms with Crippen molar-refractivity contribution < 1.29 is 37.1 Å². The molecule has 2 aliphatic heterocycles. The van der Waals surface area contributed by atoms with Crippen molar-refractivity contribution in [3.05, 3.63) is 24.0 Å². The first-order valence-corrected chi connectivity index (χ1v) is 9.50. The number of alkyl halides is 2. The van der Waals surface area contributed by atoms with Crippen molar-refractivity contribution in [2.24, 2.45) is 0 Å². The molecule has 2 aliphatic rings. The van der Waals surface area contributed by atoms with E-state index < -0.39 is 36.4 Å². The van der Waals surface area contributed by atoms with Crippen LogP contribution < -0.4 is 20.4 Å². The number of amides is 4. The number of nitrogens with zero attached hydrogens (tertiary/aromatic N) is 3. The Morgan fingerprint density at radius 1 is 1.26 bits per heavy atom. The lowest BCUT2D eigenvalue weighted by Gasteiger charge is -2.23. The zero-order chi connectivity index (χ0) is 22.5. The highest BCUT2D eigenvalue weighted by molar-refractivity contribution is 5.90. The predicted molar refractivity (Wildman–Crippen MR) is 102 cm³/mol. The summed E-state index contributed by atoms with van der Waals surface area (Å²) in [7, 11) is 1.48. The molecule has 0 aromatic heterocycles. The minimum atomic E-state index is -3.16. The molecule has 0 radical (unpaired) electrons. The van der Waals surface area contributed by atoms with E-state index in [0.29, 0.717) is 13.1 Å². The van der Waals surface area contributed by atoms with Crippen molar-refractivity contribution in [2.45, 2.75) is 12.5 Å². The molecule has 3 rings (SSSR count). The standard InChI is InChI=1S/C18H22F3N5O5/c1-22-17(28)26-5-4-24(6-7-30-26)14-3-2-11(8-13(14)19)25-10-12(31-18(25)29)9-23-16(27)15(20)21/h2-3,8,12,15H,4-7,9-10H2,1H3,(H,22,28)(H,23,27). The lowest BCUT2D eigenvalue weighted by Crippen LogP contribution is -2.39. The number of cyclic esters (lactones) is 1. The Bertz CT molecular complexity index is 843. The minimum Gasteiger partial charge on any atom is -0.442 e. The SMILES string of the molecule is CNC(=O)N1CCN(c2ccc(N3CC(CNC(=O)C(F)F)OC3=O)cc2F)CCO1. The zero-order valence-corrected chi connectivity index (χ0v) is 16.6. The number of carbonyl (C=O) groups is 3. The fourth-order valence-electron chi connectivity index (χ4n) is 3.23. The number of rotatable bonds is 5. The summed E-state index contributed by atoms with van der Waals surface area (Å²) in [5.74, 6) is -2.05. The van der Waals surface area contributed by atoms with E-state index in [4.69, 9.17) is 9.57 Å². The normalized spacial score (nSPS) is 19.3. The third-order valence-corrected chi connectivity index (χ3v) is 4.78. The highest BCUT2D eigenvalue weighted by atomic mass is 19.3. The second-order valence-electron chi connectivity index (χ2n) is 6.78. The van der Waals surface area contributed by atoms with Gasteiger partial charge < -0.3 is 20.3 Å². The van der Waals surface area contributed by atoms with Crippen molar-refractivity contribution in [3.8, 4) is 0 Å². The smallest absolute Gasteiger partial charge is 0.414 e. The highest BCUT2D eigenvalue weighted by Gasteiger charge is 2.33. The summed E-state index contributed by atoms with van der Waals surface area (Å²) in [6, 6.07) is 3.80. The third kappa shape index (κ3) is 5.29. The van der Waals surface area contributed by atoms with Crippen LogP contribution in [-0.2, 0) is 14.4 Å². The van der Waals surface area contributed by atoms with E-state index in [-0.39, 0.29) is 37.6 Å².